The number of likely N-dealkylation sites (tertiary alicyclic amines) is 1. The number of hydrogen-bond donors (Lipinski definition) is 1. The molecule has 0 aliphatic carbocycles. The van der Waals surface area contributed by atoms with Crippen LogP contribution in [0.3, 0.4) is 0 Å². The van der Waals surface area contributed by atoms with E-state index >= 15 is 0 Å². The van der Waals surface area contributed by atoms with Gasteiger partial charge in [0.25, 0.3) is 5.91 Å². The SMILES string of the molecule is Cc1ccc(CC(=O)N2C[C@@H](F)C[C@H]2Cn2cc(C(=O)NCc3ccccc3)nn2)cc1. The molecule has 0 saturated carbocycles. The Morgan fingerprint density at radius 1 is 1.09 bits per heavy atom. The Balaban J connectivity index is 1.36. The number of rotatable bonds is 7. The third-order valence-electron chi connectivity index (χ3n) is 5.62. The molecule has 2 amide bonds. The fraction of sp³-hybridized carbons (Fsp3) is 0.333. The maximum absolute atomic E-state index is 14.2. The molecule has 3 aromatic rings. The summed E-state index contributed by atoms with van der Waals surface area (Å²) in [7, 11) is 0. The number of alkyl halides is 1. The minimum absolute atomic E-state index is 0.0779. The van der Waals surface area contributed by atoms with Gasteiger partial charge in [-0.3, -0.25) is 9.59 Å². The van der Waals surface area contributed by atoms with Crippen molar-refractivity contribution >= 4 is 11.8 Å². The molecule has 1 aliphatic rings. The molecule has 1 saturated heterocycles. The van der Waals surface area contributed by atoms with E-state index in [4.69, 9.17) is 0 Å². The van der Waals surface area contributed by atoms with Crippen molar-refractivity contribution in [2.45, 2.75) is 45.1 Å². The van der Waals surface area contributed by atoms with Gasteiger partial charge in [-0.15, -0.1) is 5.10 Å². The normalized spacial score (nSPS) is 18.0. The fourth-order valence-electron chi connectivity index (χ4n) is 3.90. The Bertz CT molecular complexity index is 1070. The fourth-order valence-corrected chi connectivity index (χ4v) is 3.90. The van der Waals surface area contributed by atoms with Crippen LogP contribution in [-0.4, -0.2) is 50.5 Å². The molecule has 1 fully saturated rings. The van der Waals surface area contributed by atoms with Crippen LogP contribution < -0.4 is 5.32 Å². The molecule has 166 valence electrons. The first-order chi connectivity index (χ1) is 15.5. The summed E-state index contributed by atoms with van der Waals surface area (Å²) in [6.07, 6.45) is 0.941. The first-order valence-electron chi connectivity index (χ1n) is 10.7. The van der Waals surface area contributed by atoms with Crippen molar-refractivity contribution in [3.05, 3.63) is 83.2 Å². The molecule has 1 N–H and O–H groups in total. The Hall–Kier alpha value is -3.55. The highest BCUT2D eigenvalue weighted by Crippen LogP contribution is 2.23. The zero-order valence-corrected chi connectivity index (χ0v) is 17.9. The van der Waals surface area contributed by atoms with Gasteiger partial charge in [-0.2, -0.15) is 0 Å². The van der Waals surface area contributed by atoms with E-state index in [9.17, 15) is 14.0 Å². The van der Waals surface area contributed by atoms with E-state index in [1.807, 2.05) is 61.5 Å². The topological polar surface area (TPSA) is 80.1 Å². The van der Waals surface area contributed by atoms with Crippen molar-refractivity contribution in [2.24, 2.45) is 0 Å². The van der Waals surface area contributed by atoms with Gasteiger partial charge in [0.1, 0.15) is 6.17 Å². The van der Waals surface area contributed by atoms with Gasteiger partial charge in [-0.25, -0.2) is 9.07 Å². The summed E-state index contributed by atoms with van der Waals surface area (Å²) in [5, 5.41) is 10.8. The summed E-state index contributed by atoms with van der Waals surface area (Å²) in [6, 6.07) is 17.0. The van der Waals surface area contributed by atoms with Crippen LogP contribution in [0.1, 0.15) is 33.6 Å². The van der Waals surface area contributed by atoms with E-state index < -0.39 is 6.17 Å². The lowest BCUT2D eigenvalue weighted by atomic mass is 10.1. The lowest BCUT2D eigenvalue weighted by Crippen LogP contribution is -2.39. The zero-order valence-electron chi connectivity index (χ0n) is 17.9. The number of aryl methyl sites for hydroxylation is 1. The second kappa shape index (κ2) is 9.72. The van der Waals surface area contributed by atoms with Crippen LogP contribution in [0.25, 0.3) is 0 Å². The predicted octanol–water partition coefficient (Wildman–Crippen LogP) is 2.70. The number of aromatic nitrogens is 3. The highest BCUT2D eigenvalue weighted by atomic mass is 19.1. The summed E-state index contributed by atoms with van der Waals surface area (Å²) in [6.45, 7) is 2.75. The van der Waals surface area contributed by atoms with Crippen LogP contribution in [0.2, 0.25) is 0 Å². The zero-order chi connectivity index (χ0) is 22.5. The maximum atomic E-state index is 14.2. The number of carbonyl (C=O) groups is 2. The third kappa shape index (κ3) is 5.38. The van der Waals surface area contributed by atoms with Crippen molar-refractivity contribution in [2.75, 3.05) is 6.54 Å². The van der Waals surface area contributed by atoms with Crippen LogP contribution in [0.5, 0.6) is 0 Å². The van der Waals surface area contributed by atoms with Crippen molar-refractivity contribution in [3.63, 3.8) is 0 Å². The largest absolute Gasteiger partial charge is 0.347 e. The maximum Gasteiger partial charge on any atom is 0.273 e. The standard InChI is InChI=1S/C24H26FN5O2/c1-17-7-9-18(10-8-17)11-23(31)30-14-20(25)12-21(30)15-29-16-22(27-28-29)24(32)26-13-19-5-3-2-4-6-19/h2-10,16,20-21H,11-15H2,1H3,(H,26,32)/t20-,21-/m0/s1. The molecule has 1 aliphatic heterocycles. The molecule has 7 nitrogen and oxygen atoms in total. The van der Waals surface area contributed by atoms with E-state index in [1.54, 1.807) is 4.90 Å². The molecule has 8 heteroatoms. The van der Waals surface area contributed by atoms with E-state index in [1.165, 1.54) is 10.9 Å². The summed E-state index contributed by atoms with van der Waals surface area (Å²) in [5.41, 5.74) is 3.20. The highest BCUT2D eigenvalue weighted by molar-refractivity contribution is 5.91. The van der Waals surface area contributed by atoms with Gasteiger partial charge < -0.3 is 10.2 Å². The summed E-state index contributed by atoms with van der Waals surface area (Å²) >= 11 is 0. The van der Waals surface area contributed by atoms with E-state index in [0.717, 1.165) is 16.7 Å². The van der Waals surface area contributed by atoms with Crippen molar-refractivity contribution in [1.82, 2.24) is 25.2 Å². The van der Waals surface area contributed by atoms with E-state index in [0.29, 0.717) is 13.1 Å². The Morgan fingerprint density at radius 3 is 2.59 bits per heavy atom. The number of benzene rings is 2. The number of nitrogens with one attached hydrogen (secondary N) is 1. The molecule has 0 spiro atoms. The van der Waals surface area contributed by atoms with Crippen molar-refractivity contribution < 1.29 is 14.0 Å². The van der Waals surface area contributed by atoms with Gasteiger partial charge in [0.15, 0.2) is 5.69 Å². The second-order valence-electron chi connectivity index (χ2n) is 8.19. The average Bonchev–Trinajstić information content (AvgIpc) is 3.41. The molecular formula is C24H26FN5O2. The van der Waals surface area contributed by atoms with Crippen LogP contribution in [0.4, 0.5) is 4.39 Å². The number of hydrogen-bond acceptors (Lipinski definition) is 4. The molecule has 1 aromatic heterocycles. The van der Waals surface area contributed by atoms with Gasteiger partial charge in [0.05, 0.1) is 31.7 Å². The second-order valence-corrected chi connectivity index (χ2v) is 8.19. The first kappa shape index (κ1) is 21.7. The monoisotopic (exact) mass is 435 g/mol. The van der Waals surface area contributed by atoms with Crippen LogP contribution in [0.15, 0.2) is 60.8 Å². The quantitative estimate of drug-likeness (QED) is 0.619. The molecule has 32 heavy (non-hydrogen) atoms. The van der Waals surface area contributed by atoms with Gasteiger partial charge >= 0.3 is 0 Å². The van der Waals surface area contributed by atoms with Gasteiger partial charge in [-0.1, -0.05) is 65.4 Å². The smallest absolute Gasteiger partial charge is 0.273 e. The van der Waals surface area contributed by atoms with Crippen molar-refractivity contribution in [1.29, 1.82) is 0 Å². The molecule has 4 rings (SSSR count). The van der Waals surface area contributed by atoms with Crippen molar-refractivity contribution in [3.8, 4) is 0 Å². The molecule has 2 atom stereocenters. The third-order valence-corrected chi connectivity index (χ3v) is 5.62. The summed E-state index contributed by atoms with van der Waals surface area (Å²) in [4.78, 5) is 26.8. The lowest BCUT2D eigenvalue weighted by molar-refractivity contribution is -0.131. The van der Waals surface area contributed by atoms with Gasteiger partial charge in [0, 0.05) is 13.0 Å². The van der Waals surface area contributed by atoms with E-state index in [2.05, 4.69) is 15.6 Å². The van der Waals surface area contributed by atoms with Crippen LogP contribution in [0, 0.1) is 6.92 Å². The predicted molar refractivity (Wildman–Crippen MR) is 118 cm³/mol. The molecule has 2 heterocycles. The molecule has 0 radical (unpaired) electrons. The Kier molecular flexibility index (Phi) is 6.58. The molecule has 0 unspecified atom stereocenters. The number of halogens is 1. The number of amides is 2. The summed E-state index contributed by atoms with van der Waals surface area (Å²) in [5.74, 6) is -0.442. The van der Waals surface area contributed by atoms with Crippen LogP contribution in [-0.2, 0) is 24.3 Å². The molecular weight excluding hydrogens is 409 g/mol. The first-order valence-corrected chi connectivity index (χ1v) is 10.7. The highest BCUT2D eigenvalue weighted by Gasteiger charge is 2.35. The minimum atomic E-state index is -1.07. The van der Waals surface area contributed by atoms with Crippen LogP contribution >= 0.6 is 0 Å². The number of nitrogens with zero attached hydrogens (tertiary/aromatic N) is 4. The van der Waals surface area contributed by atoms with Gasteiger partial charge in [0.2, 0.25) is 5.91 Å². The van der Waals surface area contributed by atoms with E-state index in [-0.39, 0.29) is 42.9 Å². The molecule has 0 bridgehead atoms. The molecule has 2 aromatic carbocycles. The Morgan fingerprint density at radius 2 is 1.84 bits per heavy atom. The minimum Gasteiger partial charge on any atom is -0.347 e. The Labute approximate surface area is 186 Å². The van der Waals surface area contributed by atoms with Gasteiger partial charge in [-0.05, 0) is 18.1 Å². The lowest BCUT2D eigenvalue weighted by Gasteiger charge is -2.24. The average molecular weight is 436 g/mol. The number of carbonyl (C=O) groups excluding carboxylic acids is 2. The summed E-state index contributed by atoms with van der Waals surface area (Å²) < 4.78 is 15.7.